The van der Waals surface area contributed by atoms with Crippen LogP contribution in [0.5, 0.6) is 0 Å². The van der Waals surface area contributed by atoms with Crippen molar-refractivity contribution in [2.75, 3.05) is 17.3 Å². The zero-order valence-corrected chi connectivity index (χ0v) is 12.9. The second kappa shape index (κ2) is 5.52. The van der Waals surface area contributed by atoms with Crippen molar-refractivity contribution in [3.05, 3.63) is 46.4 Å². The van der Waals surface area contributed by atoms with Gasteiger partial charge in [-0.05, 0) is 30.3 Å². The molecule has 4 nitrogen and oxygen atoms in total. The van der Waals surface area contributed by atoms with E-state index in [1.54, 1.807) is 24.3 Å². The molecule has 0 saturated heterocycles. The third-order valence-corrected chi connectivity index (χ3v) is 4.41. The molecule has 2 aromatic rings. The standard InChI is InChI=1S/C13H12Cl2N2O2S/c1-20(18,19)8-5-6-12(11(16)7-8)17-13-9(14)3-2-4-10(13)15/h2-7,17H,16H2,1H3. The summed E-state index contributed by atoms with van der Waals surface area (Å²) < 4.78 is 22.9. The summed E-state index contributed by atoms with van der Waals surface area (Å²) in [7, 11) is -3.29. The monoisotopic (exact) mass is 330 g/mol. The van der Waals surface area contributed by atoms with Gasteiger partial charge in [0.25, 0.3) is 0 Å². The molecule has 0 heterocycles. The quantitative estimate of drug-likeness (QED) is 0.841. The molecule has 0 amide bonds. The molecule has 2 rings (SSSR count). The molecule has 106 valence electrons. The smallest absolute Gasteiger partial charge is 0.175 e. The van der Waals surface area contributed by atoms with Crippen molar-refractivity contribution in [3.63, 3.8) is 0 Å². The van der Waals surface area contributed by atoms with Gasteiger partial charge in [0.2, 0.25) is 0 Å². The van der Waals surface area contributed by atoms with Crippen LogP contribution in [-0.2, 0) is 9.84 Å². The van der Waals surface area contributed by atoms with Gasteiger partial charge in [-0.1, -0.05) is 29.3 Å². The molecular formula is C13H12Cl2N2O2S. The van der Waals surface area contributed by atoms with E-state index in [0.717, 1.165) is 6.26 Å². The van der Waals surface area contributed by atoms with Gasteiger partial charge in [0.15, 0.2) is 9.84 Å². The van der Waals surface area contributed by atoms with Crippen LogP contribution >= 0.6 is 23.2 Å². The number of nitrogen functional groups attached to an aromatic ring is 1. The summed E-state index contributed by atoms with van der Waals surface area (Å²) in [5, 5.41) is 3.90. The summed E-state index contributed by atoms with van der Waals surface area (Å²) in [5.41, 5.74) is 7.21. The van der Waals surface area contributed by atoms with Crippen LogP contribution in [0.3, 0.4) is 0 Å². The van der Waals surface area contributed by atoms with Gasteiger partial charge in [-0.3, -0.25) is 0 Å². The minimum Gasteiger partial charge on any atom is -0.397 e. The van der Waals surface area contributed by atoms with Crippen LogP contribution in [0, 0.1) is 0 Å². The lowest BCUT2D eigenvalue weighted by Gasteiger charge is -2.13. The Hall–Kier alpha value is -1.43. The lowest BCUT2D eigenvalue weighted by atomic mass is 10.2. The highest BCUT2D eigenvalue weighted by molar-refractivity contribution is 7.90. The summed E-state index contributed by atoms with van der Waals surface area (Å²) in [6, 6.07) is 9.55. The number of rotatable bonds is 3. The maximum Gasteiger partial charge on any atom is 0.175 e. The maximum absolute atomic E-state index is 11.4. The molecule has 20 heavy (non-hydrogen) atoms. The molecule has 0 aliphatic carbocycles. The van der Waals surface area contributed by atoms with E-state index in [0.29, 0.717) is 27.1 Å². The summed E-state index contributed by atoms with van der Waals surface area (Å²) >= 11 is 12.1. The Balaban J connectivity index is 2.41. The molecule has 0 saturated carbocycles. The van der Waals surface area contributed by atoms with Crippen LogP contribution in [0.25, 0.3) is 0 Å². The average Bonchev–Trinajstić information content (AvgIpc) is 2.34. The van der Waals surface area contributed by atoms with Crippen LogP contribution in [0.1, 0.15) is 0 Å². The van der Waals surface area contributed by atoms with E-state index in [-0.39, 0.29) is 4.90 Å². The molecule has 0 fully saturated rings. The van der Waals surface area contributed by atoms with Crippen molar-refractivity contribution >= 4 is 50.1 Å². The van der Waals surface area contributed by atoms with Gasteiger partial charge in [0.05, 0.1) is 32.0 Å². The Morgan fingerprint density at radius 2 is 1.70 bits per heavy atom. The number of sulfone groups is 1. The highest BCUT2D eigenvalue weighted by Gasteiger charge is 2.11. The topological polar surface area (TPSA) is 72.2 Å². The van der Waals surface area contributed by atoms with Gasteiger partial charge in [-0.25, -0.2) is 8.42 Å². The van der Waals surface area contributed by atoms with Gasteiger partial charge in [0, 0.05) is 6.26 Å². The largest absolute Gasteiger partial charge is 0.397 e. The van der Waals surface area contributed by atoms with Crippen molar-refractivity contribution in [2.24, 2.45) is 0 Å². The first-order chi connectivity index (χ1) is 9.29. The first kappa shape index (κ1) is 15.0. The van der Waals surface area contributed by atoms with E-state index in [4.69, 9.17) is 28.9 Å². The summed E-state index contributed by atoms with van der Waals surface area (Å²) in [6.07, 6.45) is 1.12. The van der Waals surface area contributed by atoms with Crippen molar-refractivity contribution in [1.82, 2.24) is 0 Å². The molecule has 0 spiro atoms. The highest BCUT2D eigenvalue weighted by atomic mass is 35.5. The fourth-order valence-corrected chi connectivity index (χ4v) is 2.79. The number of anilines is 3. The molecule has 0 atom stereocenters. The van der Waals surface area contributed by atoms with E-state index < -0.39 is 9.84 Å². The molecule has 0 unspecified atom stereocenters. The number of benzene rings is 2. The second-order valence-corrected chi connectivity index (χ2v) is 7.07. The predicted molar refractivity (Wildman–Crippen MR) is 83.7 cm³/mol. The Morgan fingerprint density at radius 1 is 1.10 bits per heavy atom. The van der Waals surface area contributed by atoms with Gasteiger partial charge < -0.3 is 11.1 Å². The zero-order valence-electron chi connectivity index (χ0n) is 10.5. The fourth-order valence-electron chi connectivity index (χ4n) is 1.64. The lowest BCUT2D eigenvalue weighted by Crippen LogP contribution is -2.02. The third-order valence-electron chi connectivity index (χ3n) is 2.67. The van der Waals surface area contributed by atoms with E-state index in [2.05, 4.69) is 5.32 Å². The van der Waals surface area contributed by atoms with Crippen LogP contribution in [0.2, 0.25) is 10.0 Å². The molecule has 0 aromatic heterocycles. The number of hydrogen-bond acceptors (Lipinski definition) is 4. The zero-order chi connectivity index (χ0) is 14.9. The van der Waals surface area contributed by atoms with Crippen LogP contribution in [0.15, 0.2) is 41.3 Å². The molecule has 0 aliphatic rings. The Labute approximate surface area is 127 Å². The van der Waals surface area contributed by atoms with Crippen molar-refractivity contribution in [3.8, 4) is 0 Å². The first-order valence-electron chi connectivity index (χ1n) is 5.59. The fraction of sp³-hybridized carbons (Fsp3) is 0.0769. The molecule has 3 N–H and O–H groups in total. The Kier molecular flexibility index (Phi) is 4.13. The summed E-state index contributed by atoms with van der Waals surface area (Å²) in [4.78, 5) is 0.158. The third kappa shape index (κ3) is 3.17. The lowest BCUT2D eigenvalue weighted by molar-refractivity contribution is 0.602. The normalized spacial score (nSPS) is 11.3. The second-order valence-electron chi connectivity index (χ2n) is 4.24. The number of hydrogen-bond donors (Lipinski definition) is 2. The minimum atomic E-state index is -3.29. The van der Waals surface area contributed by atoms with Crippen molar-refractivity contribution in [2.45, 2.75) is 4.90 Å². The molecule has 0 bridgehead atoms. The number of nitrogens with one attached hydrogen (secondary N) is 1. The SMILES string of the molecule is CS(=O)(=O)c1ccc(Nc2c(Cl)cccc2Cl)c(N)c1. The van der Waals surface area contributed by atoms with E-state index >= 15 is 0 Å². The number of para-hydroxylation sites is 1. The highest BCUT2D eigenvalue weighted by Crippen LogP contribution is 2.34. The Morgan fingerprint density at radius 3 is 2.20 bits per heavy atom. The van der Waals surface area contributed by atoms with Crippen LogP contribution in [0.4, 0.5) is 17.1 Å². The van der Waals surface area contributed by atoms with Crippen molar-refractivity contribution in [1.29, 1.82) is 0 Å². The maximum atomic E-state index is 11.4. The van der Waals surface area contributed by atoms with Crippen LogP contribution in [-0.4, -0.2) is 14.7 Å². The summed E-state index contributed by atoms with van der Waals surface area (Å²) in [5.74, 6) is 0. The molecule has 0 radical (unpaired) electrons. The van der Waals surface area contributed by atoms with Crippen molar-refractivity contribution < 1.29 is 8.42 Å². The van der Waals surface area contributed by atoms with Gasteiger partial charge in [-0.15, -0.1) is 0 Å². The number of halogens is 2. The van der Waals surface area contributed by atoms with Gasteiger partial charge in [0.1, 0.15) is 0 Å². The number of nitrogens with two attached hydrogens (primary N) is 1. The molecule has 7 heteroatoms. The van der Waals surface area contributed by atoms with Gasteiger partial charge in [-0.2, -0.15) is 0 Å². The van der Waals surface area contributed by atoms with E-state index in [1.807, 2.05) is 0 Å². The minimum absolute atomic E-state index is 0.158. The first-order valence-corrected chi connectivity index (χ1v) is 8.24. The van der Waals surface area contributed by atoms with Crippen LogP contribution < -0.4 is 11.1 Å². The predicted octanol–water partition coefficient (Wildman–Crippen LogP) is 3.72. The van der Waals surface area contributed by atoms with E-state index in [9.17, 15) is 8.42 Å². The Bertz CT molecular complexity index is 741. The van der Waals surface area contributed by atoms with E-state index in [1.165, 1.54) is 12.1 Å². The van der Waals surface area contributed by atoms with Gasteiger partial charge >= 0.3 is 0 Å². The summed E-state index contributed by atoms with van der Waals surface area (Å²) in [6.45, 7) is 0. The average molecular weight is 331 g/mol. The molecule has 0 aliphatic heterocycles. The molecule has 2 aromatic carbocycles. The molecular weight excluding hydrogens is 319 g/mol.